The van der Waals surface area contributed by atoms with Crippen LogP contribution in [-0.4, -0.2) is 27.5 Å². The minimum absolute atomic E-state index is 0. The number of nitrogens with zero attached hydrogens (tertiary/aromatic N) is 4. The lowest BCUT2D eigenvalue weighted by Crippen LogP contribution is -2.37. The van der Waals surface area contributed by atoms with E-state index in [-0.39, 0.29) is 30.8 Å². The van der Waals surface area contributed by atoms with Crippen LogP contribution in [0.2, 0.25) is 0 Å². The highest BCUT2D eigenvalue weighted by atomic mass is 127. The molecule has 0 fully saturated rings. The van der Waals surface area contributed by atoms with Gasteiger partial charge in [-0.25, -0.2) is 4.99 Å². The van der Waals surface area contributed by atoms with E-state index in [0.717, 1.165) is 28.7 Å². The summed E-state index contributed by atoms with van der Waals surface area (Å²) in [5, 5.41) is 17.1. The summed E-state index contributed by atoms with van der Waals surface area (Å²) in [4.78, 5) is 5.96. The minimum Gasteiger partial charge on any atom is -0.454 e. The number of benzene rings is 1. The lowest BCUT2D eigenvalue weighted by molar-refractivity contribution is 0.174. The molecule has 0 radical (unpaired) electrons. The van der Waals surface area contributed by atoms with Gasteiger partial charge in [-0.3, -0.25) is 0 Å². The SMILES string of the molecule is Cc1nnc(CNC(=NCc2ccc3c(c2)OCO3)NCc2cccs2)n1C.I. The number of hydrogen-bond acceptors (Lipinski definition) is 6. The van der Waals surface area contributed by atoms with Gasteiger partial charge >= 0.3 is 0 Å². The molecule has 1 aliphatic rings. The number of nitrogens with one attached hydrogen (secondary N) is 2. The van der Waals surface area contributed by atoms with Crippen LogP contribution in [0.4, 0.5) is 0 Å². The van der Waals surface area contributed by atoms with E-state index in [2.05, 4.69) is 32.3 Å². The standard InChI is InChI=1S/C19H22N6O2S.HI/c1-13-23-24-18(25(13)2)11-22-19(21-10-15-4-3-7-28-15)20-9-14-5-6-16-17(8-14)27-12-26-16;/h3-8H,9-12H2,1-2H3,(H2,20,21,22);1H. The number of hydrogen-bond donors (Lipinski definition) is 2. The summed E-state index contributed by atoms with van der Waals surface area (Å²) in [6.07, 6.45) is 0. The van der Waals surface area contributed by atoms with Gasteiger partial charge in [0.25, 0.3) is 0 Å². The van der Waals surface area contributed by atoms with Gasteiger partial charge in [-0.05, 0) is 36.1 Å². The van der Waals surface area contributed by atoms with Gasteiger partial charge in [0.05, 0.1) is 19.6 Å². The first-order chi connectivity index (χ1) is 13.7. The first kappa shape index (κ1) is 21.4. The zero-order valence-corrected chi connectivity index (χ0v) is 19.4. The molecule has 0 aliphatic carbocycles. The van der Waals surface area contributed by atoms with Crippen molar-refractivity contribution in [2.24, 2.45) is 12.0 Å². The fourth-order valence-electron chi connectivity index (χ4n) is 2.74. The smallest absolute Gasteiger partial charge is 0.231 e. The Morgan fingerprint density at radius 3 is 2.76 bits per heavy atom. The molecule has 154 valence electrons. The number of ether oxygens (including phenoxy) is 2. The maximum absolute atomic E-state index is 5.44. The Bertz CT molecular complexity index is 973. The van der Waals surface area contributed by atoms with E-state index in [9.17, 15) is 0 Å². The zero-order valence-electron chi connectivity index (χ0n) is 16.2. The highest BCUT2D eigenvalue weighted by Gasteiger charge is 2.13. The van der Waals surface area contributed by atoms with Crippen LogP contribution < -0.4 is 20.1 Å². The van der Waals surface area contributed by atoms with Crippen molar-refractivity contribution < 1.29 is 9.47 Å². The van der Waals surface area contributed by atoms with Gasteiger partial charge in [0.15, 0.2) is 23.3 Å². The Hall–Kier alpha value is -2.34. The average Bonchev–Trinajstić information content (AvgIpc) is 3.44. The van der Waals surface area contributed by atoms with Crippen LogP contribution in [-0.2, 0) is 26.7 Å². The van der Waals surface area contributed by atoms with Crippen molar-refractivity contribution in [3.63, 3.8) is 0 Å². The lowest BCUT2D eigenvalue weighted by atomic mass is 10.2. The van der Waals surface area contributed by atoms with Gasteiger partial charge in [-0.1, -0.05) is 12.1 Å². The van der Waals surface area contributed by atoms with Crippen molar-refractivity contribution in [1.82, 2.24) is 25.4 Å². The van der Waals surface area contributed by atoms with Crippen LogP contribution in [0.5, 0.6) is 11.5 Å². The van der Waals surface area contributed by atoms with Crippen molar-refractivity contribution in [3.8, 4) is 11.5 Å². The Kier molecular flexibility index (Phi) is 7.31. The van der Waals surface area contributed by atoms with Gasteiger partial charge < -0.3 is 24.7 Å². The second-order valence-corrected chi connectivity index (χ2v) is 7.39. The molecule has 2 N–H and O–H groups in total. The van der Waals surface area contributed by atoms with E-state index in [1.165, 1.54) is 4.88 Å². The largest absolute Gasteiger partial charge is 0.454 e. The summed E-state index contributed by atoms with van der Waals surface area (Å²) in [6, 6.07) is 10.0. The second kappa shape index (κ2) is 9.92. The molecule has 4 rings (SSSR count). The number of aliphatic imine (C=N–C) groups is 1. The molecule has 1 aliphatic heterocycles. The maximum atomic E-state index is 5.44. The molecule has 29 heavy (non-hydrogen) atoms. The van der Waals surface area contributed by atoms with Crippen LogP contribution in [0.15, 0.2) is 40.7 Å². The summed E-state index contributed by atoms with van der Waals surface area (Å²) < 4.78 is 12.8. The van der Waals surface area contributed by atoms with Crippen molar-refractivity contribution in [3.05, 3.63) is 57.8 Å². The molecule has 0 spiro atoms. The van der Waals surface area contributed by atoms with Crippen molar-refractivity contribution in [2.45, 2.75) is 26.6 Å². The predicted molar refractivity (Wildman–Crippen MR) is 123 cm³/mol. The molecule has 1 aromatic carbocycles. The Morgan fingerprint density at radius 1 is 1.17 bits per heavy atom. The molecule has 8 nitrogen and oxygen atoms in total. The highest BCUT2D eigenvalue weighted by Crippen LogP contribution is 2.32. The molecule has 10 heteroatoms. The fraction of sp³-hybridized carbons (Fsp3) is 0.316. The molecular weight excluding hydrogens is 503 g/mol. The summed E-state index contributed by atoms with van der Waals surface area (Å²) in [7, 11) is 1.95. The number of guanidine groups is 1. The van der Waals surface area contributed by atoms with Crippen LogP contribution >= 0.6 is 35.3 Å². The molecule has 3 heterocycles. The number of rotatable bonds is 6. The van der Waals surface area contributed by atoms with Gasteiger partial charge in [-0.2, -0.15) is 0 Å². The summed E-state index contributed by atoms with van der Waals surface area (Å²) in [5.74, 6) is 3.99. The molecule has 0 unspecified atom stereocenters. The van der Waals surface area contributed by atoms with Gasteiger partial charge in [-0.15, -0.1) is 45.5 Å². The number of thiophene rings is 1. The quantitative estimate of drug-likeness (QED) is 0.292. The van der Waals surface area contributed by atoms with Gasteiger partial charge in [0, 0.05) is 11.9 Å². The van der Waals surface area contributed by atoms with Crippen molar-refractivity contribution >= 4 is 41.3 Å². The lowest BCUT2D eigenvalue weighted by Gasteiger charge is -2.12. The number of fused-ring (bicyclic) bond motifs is 1. The molecule has 2 aromatic heterocycles. The van der Waals surface area contributed by atoms with Crippen molar-refractivity contribution in [1.29, 1.82) is 0 Å². The van der Waals surface area contributed by atoms with E-state index in [0.29, 0.717) is 25.6 Å². The van der Waals surface area contributed by atoms with E-state index in [1.54, 1.807) is 11.3 Å². The molecule has 0 saturated carbocycles. The third-order valence-corrected chi connectivity index (χ3v) is 5.34. The number of aromatic nitrogens is 3. The van der Waals surface area contributed by atoms with E-state index >= 15 is 0 Å². The molecular formula is C19H23IN6O2S. The van der Waals surface area contributed by atoms with Gasteiger partial charge in [0.2, 0.25) is 6.79 Å². The molecule has 0 saturated heterocycles. The number of halogens is 1. The van der Waals surface area contributed by atoms with Crippen molar-refractivity contribution in [2.75, 3.05) is 6.79 Å². The Balaban J connectivity index is 0.00000240. The first-order valence-electron chi connectivity index (χ1n) is 8.97. The van der Waals surface area contributed by atoms with Gasteiger partial charge in [0.1, 0.15) is 5.82 Å². The third kappa shape index (κ3) is 5.38. The van der Waals surface area contributed by atoms with E-state index in [1.807, 2.05) is 42.8 Å². The normalized spacial score (nSPS) is 12.6. The highest BCUT2D eigenvalue weighted by molar-refractivity contribution is 14.0. The second-order valence-electron chi connectivity index (χ2n) is 6.36. The zero-order chi connectivity index (χ0) is 19.3. The van der Waals surface area contributed by atoms with E-state index in [4.69, 9.17) is 14.5 Å². The monoisotopic (exact) mass is 526 g/mol. The molecule has 0 bridgehead atoms. The molecule has 3 aromatic rings. The predicted octanol–water partition coefficient (Wildman–Crippen LogP) is 2.97. The minimum atomic E-state index is 0. The summed E-state index contributed by atoms with van der Waals surface area (Å²) in [5.41, 5.74) is 1.05. The number of aryl methyl sites for hydroxylation is 1. The van der Waals surface area contributed by atoms with Crippen LogP contribution in [0.1, 0.15) is 22.1 Å². The van der Waals surface area contributed by atoms with Crippen LogP contribution in [0.25, 0.3) is 0 Å². The molecule has 0 atom stereocenters. The third-order valence-electron chi connectivity index (χ3n) is 4.46. The fourth-order valence-corrected chi connectivity index (χ4v) is 3.38. The average molecular weight is 526 g/mol. The maximum Gasteiger partial charge on any atom is 0.231 e. The Labute approximate surface area is 190 Å². The van der Waals surface area contributed by atoms with Crippen LogP contribution in [0, 0.1) is 6.92 Å². The summed E-state index contributed by atoms with van der Waals surface area (Å²) >= 11 is 1.71. The molecule has 0 amide bonds. The van der Waals surface area contributed by atoms with Crippen LogP contribution in [0.3, 0.4) is 0 Å². The van der Waals surface area contributed by atoms with E-state index < -0.39 is 0 Å². The first-order valence-corrected chi connectivity index (χ1v) is 9.85. The topological polar surface area (TPSA) is 85.6 Å². The Morgan fingerprint density at radius 2 is 2.00 bits per heavy atom. The summed E-state index contributed by atoms with van der Waals surface area (Å²) in [6.45, 7) is 3.97.